The molecule has 0 saturated carbocycles. The van der Waals surface area contributed by atoms with Crippen molar-refractivity contribution >= 4 is 23.9 Å². The van der Waals surface area contributed by atoms with Crippen molar-refractivity contribution in [1.82, 2.24) is 15.5 Å². The molecule has 2 aromatic rings. The third kappa shape index (κ3) is 12.6. The van der Waals surface area contributed by atoms with Gasteiger partial charge in [0.15, 0.2) is 0 Å². The zero-order chi connectivity index (χ0) is 34.7. The highest BCUT2D eigenvalue weighted by atomic mass is 16.6. The van der Waals surface area contributed by atoms with Crippen LogP contribution in [0.15, 0.2) is 54.6 Å². The van der Waals surface area contributed by atoms with E-state index in [1.807, 2.05) is 51.1 Å². The van der Waals surface area contributed by atoms with E-state index in [1.54, 1.807) is 65.8 Å². The SMILES string of the molecule is C#Cc1ccc(C(C(=O)NC(Cc2ccccc2)C(=O)OC(C)(C)C)N(CCC)C(=O)C(CC(C)C)NC(=O)OC(C)(C)C)cc1. The number of amides is 3. The first-order valence-corrected chi connectivity index (χ1v) is 15.9. The molecule has 250 valence electrons. The van der Waals surface area contributed by atoms with E-state index >= 15 is 0 Å². The van der Waals surface area contributed by atoms with E-state index in [-0.39, 0.29) is 18.9 Å². The summed E-state index contributed by atoms with van der Waals surface area (Å²) in [4.78, 5) is 56.5. The first-order valence-electron chi connectivity index (χ1n) is 15.9. The molecule has 46 heavy (non-hydrogen) atoms. The molecule has 0 saturated heterocycles. The molecule has 3 atom stereocenters. The first kappa shape index (κ1) is 37.9. The van der Waals surface area contributed by atoms with E-state index in [1.165, 1.54) is 4.90 Å². The fourth-order valence-corrected chi connectivity index (χ4v) is 4.85. The molecule has 2 N–H and O–H groups in total. The quantitative estimate of drug-likeness (QED) is 0.208. The number of hydrogen-bond acceptors (Lipinski definition) is 6. The molecule has 0 spiro atoms. The molecule has 0 aliphatic carbocycles. The van der Waals surface area contributed by atoms with Crippen LogP contribution in [0.5, 0.6) is 0 Å². The number of hydrogen-bond donors (Lipinski definition) is 2. The fourth-order valence-electron chi connectivity index (χ4n) is 4.85. The topological polar surface area (TPSA) is 114 Å². The van der Waals surface area contributed by atoms with Crippen LogP contribution >= 0.6 is 0 Å². The largest absolute Gasteiger partial charge is 0.458 e. The van der Waals surface area contributed by atoms with E-state index in [2.05, 4.69) is 16.6 Å². The lowest BCUT2D eigenvalue weighted by molar-refractivity contribution is -0.159. The number of carbonyl (C=O) groups excluding carboxylic acids is 4. The molecule has 2 rings (SSSR count). The summed E-state index contributed by atoms with van der Waals surface area (Å²) >= 11 is 0. The number of rotatable bonds is 13. The summed E-state index contributed by atoms with van der Waals surface area (Å²) in [5.74, 6) is 1.01. The summed E-state index contributed by atoms with van der Waals surface area (Å²) < 4.78 is 11.2. The Morgan fingerprint density at radius 3 is 1.93 bits per heavy atom. The molecule has 0 bridgehead atoms. The van der Waals surface area contributed by atoms with Gasteiger partial charge in [0, 0.05) is 18.5 Å². The Balaban J connectivity index is 2.60. The molecule has 0 fully saturated rings. The van der Waals surface area contributed by atoms with Crippen LogP contribution in [0.1, 0.15) is 97.9 Å². The summed E-state index contributed by atoms with van der Waals surface area (Å²) in [5, 5.41) is 5.64. The maximum absolute atomic E-state index is 14.4. The van der Waals surface area contributed by atoms with E-state index in [0.717, 1.165) is 5.56 Å². The Morgan fingerprint density at radius 2 is 1.43 bits per heavy atom. The predicted octanol–water partition coefficient (Wildman–Crippen LogP) is 5.96. The molecule has 0 heterocycles. The van der Waals surface area contributed by atoms with Gasteiger partial charge in [-0.15, -0.1) is 6.42 Å². The van der Waals surface area contributed by atoms with Crippen molar-refractivity contribution < 1.29 is 28.7 Å². The second-order valence-corrected chi connectivity index (χ2v) is 13.8. The number of nitrogens with one attached hydrogen (secondary N) is 2. The first-order chi connectivity index (χ1) is 21.4. The van der Waals surface area contributed by atoms with Crippen molar-refractivity contribution in [3.05, 3.63) is 71.3 Å². The standard InChI is InChI=1S/C37H51N3O6/c1-11-22-40(33(42)29(23-25(3)4)39-35(44)46-37(8,9)10)31(28-20-18-26(12-2)19-21-28)32(41)38-30(34(43)45-36(5,6)7)24-27-16-14-13-15-17-27/h2,13-21,25,29-31H,11,22-24H2,1,3-10H3,(H,38,41)(H,39,44). The summed E-state index contributed by atoms with van der Waals surface area (Å²) in [7, 11) is 0. The van der Waals surface area contributed by atoms with Gasteiger partial charge < -0.3 is 25.0 Å². The van der Waals surface area contributed by atoms with E-state index in [9.17, 15) is 19.2 Å². The molecule has 9 nitrogen and oxygen atoms in total. The van der Waals surface area contributed by atoms with Crippen molar-refractivity contribution in [1.29, 1.82) is 0 Å². The Bertz CT molecular complexity index is 1350. The molecule has 0 aromatic heterocycles. The van der Waals surface area contributed by atoms with Gasteiger partial charge in [0.1, 0.15) is 29.3 Å². The normalized spacial score (nSPS) is 13.5. The molecule has 9 heteroatoms. The predicted molar refractivity (Wildman–Crippen MR) is 180 cm³/mol. The molecule has 0 radical (unpaired) electrons. The second kappa shape index (κ2) is 16.8. The Labute approximate surface area is 274 Å². The van der Waals surface area contributed by atoms with Gasteiger partial charge in [-0.2, -0.15) is 0 Å². The number of ether oxygens (including phenoxy) is 2. The maximum Gasteiger partial charge on any atom is 0.408 e. The maximum atomic E-state index is 14.4. The lowest BCUT2D eigenvalue weighted by atomic mass is 9.97. The number of alkyl carbamates (subject to hydrolysis) is 1. The van der Waals surface area contributed by atoms with Crippen molar-refractivity contribution in [2.75, 3.05) is 6.54 Å². The monoisotopic (exact) mass is 633 g/mol. The van der Waals surface area contributed by atoms with Gasteiger partial charge in [0.05, 0.1) is 0 Å². The van der Waals surface area contributed by atoms with Crippen LogP contribution in [-0.2, 0) is 30.3 Å². The van der Waals surface area contributed by atoms with Gasteiger partial charge in [0.2, 0.25) is 11.8 Å². The zero-order valence-corrected chi connectivity index (χ0v) is 28.8. The van der Waals surface area contributed by atoms with Crippen LogP contribution in [0, 0.1) is 18.3 Å². The molecule has 0 aliphatic heterocycles. The molecule has 2 aromatic carbocycles. The van der Waals surface area contributed by atoms with Crippen LogP contribution in [0.2, 0.25) is 0 Å². The minimum absolute atomic E-state index is 0.0389. The van der Waals surface area contributed by atoms with E-state index in [4.69, 9.17) is 15.9 Å². The summed E-state index contributed by atoms with van der Waals surface area (Å²) in [6.07, 6.45) is 5.89. The number of nitrogens with zero attached hydrogens (tertiary/aromatic N) is 1. The summed E-state index contributed by atoms with van der Waals surface area (Å²) in [6, 6.07) is 13.0. The van der Waals surface area contributed by atoms with Crippen LogP contribution < -0.4 is 10.6 Å². The number of esters is 1. The summed E-state index contributed by atoms with van der Waals surface area (Å²) in [5.41, 5.74) is 0.379. The van der Waals surface area contributed by atoms with E-state index in [0.29, 0.717) is 24.0 Å². The Hall–Kier alpha value is -4.32. The number of carbonyl (C=O) groups is 4. The molecule has 3 amide bonds. The van der Waals surface area contributed by atoms with Crippen molar-refractivity contribution in [3.8, 4) is 12.3 Å². The van der Waals surface area contributed by atoms with Crippen molar-refractivity contribution in [3.63, 3.8) is 0 Å². The lowest BCUT2D eigenvalue weighted by Gasteiger charge is -2.35. The Morgan fingerprint density at radius 1 is 0.848 bits per heavy atom. The number of benzene rings is 2. The van der Waals surface area contributed by atoms with Crippen molar-refractivity contribution in [2.45, 2.75) is 111 Å². The minimum atomic E-state index is -1.14. The fraction of sp³-hybridized carbons (Fsp3) is 0.514. The highest BCUT2D eigenvalue weighted by Gasteiger charge is 2.38. The molecule has 3 unspecified atom stereocenters. The average molecular weight is 634 g/mol. The molecule has 0 aliphatic rings. The van der Waals surface area contributed by atoms with Crippen LogP contribution in [-0.4, -0.2) is 58.6 Å². The minimum Gasteiger partial charge on any atom is -0.458 e. The van der Waals surface area contributed by atoms with Crippen LogP contribution in [0.4, 0.5) is 4.79 Å². The van der Waals surface area contributed by atoms with E-state index < -0.39 is 53.2 Å². The third-order valence-electron chi connectivity index (χ3n) is 6.69. The zero-order valence-electron chi connectivity index (χ0n) is 28.8. The Kier molecular flexibility index (Phi) is 13.9. The van der Waals surface area contributed by atoms with Crippen LogP contribution in [0.25, 0.3) is 0 Å². The van der Waals surface area contributed by atoms with Gasteiger partial charge in [0.25, 0.3) is 0 Å². The van der Waals surface area contributed by atoms with Crippen molar-refractivity contribution in [2.24, 2.45) is 5.92 Å². The number of terminal acetylenes is 1. The lowest BCUT2D eigenvalue weighted by Crippen LogP contribution is -2.55. The van der Waals surface area contributed by atoms with Gasteiger partial charge >= 0.3 is 12.1 Å². The highest BCUT2D eigenvalue weighted by molar-refractivity contribution is 5.94. The molecular formula is C37H51N3O6. The third-order valence-corrected chi connectivity index (χ3v) is 6.69. The second-order valence-electron chi connectivity index (χ2n) is 13.8. The molecular weight excluding hydrogens is 582 g/mol. The average Bonchev–Trinajstić information content (AvgIpc) is 2.94. The summed E-state index contributed by atoms with van der Waals surface area (Å²) in [6.45, 7) is 16.5. The highest BCUT2D eigenvalue weighted by Crippen LogP contribution is 2.26. The van der Waals surface area contributed by atoms with Gasteiger partial charge in [-0.25, -0.2) is 9.59 Å². The van der Waals surface area contributed by atoms with Crippen LogP contribution in [0.3, 0.4) is 0 Å². The smallest absolute Gasteiger partial charge is 0.408 e. The van der Waals surface area contributed by atoms with Gasteiger partial charge in [-0.1, -0.05) is 69.2 Å². The van der Waals surface area contributed by atoms with Gasteiger partial charge in [-0.3, -0.25) is 9.59 Å². The van der Waals surface area contributed by atoms with Gasteiger partial charge in [-0.05, 0) is 83.6 Å².